The molecule has 2 saturated heterocycles. The van der Waals surface area contributed by atoms with E-state index < -0.39 is 170 Å². The first-order valence-corrected chi connectivity index (χ1v) is 33.6. The first-order chi connectivity index (χ1) is 38.2. The first kappa shape index (κ1) is 95.0. The molecule has 0 amide bonds. The van der Waals surface area contributed by atoms with E-state index in [1.54, 1.807) is 19.9 Å². The Bertz CT molecular complexity index is 3200. The molecule has 2 heterocycles. The molecule has 7 aliphatic rings. The third kappa shape index (κ3) is 21.6. The molecule has 482 valence electrons. The zero-order valence-electron chi connectivity index (χ0n) is 53.8. The Hall–Kier alpha value is 4.01. The first-order valence-electron chi connectivity index (χ1n) is 26.9. The maximum atomic E-state index is 15.3. The van der Waals surface area contributed by atoms with Crippen molar-refractivity contribution in [2.45, 2.75) is 206 Å². The molecule has 4 saturated carbocycles. The Morgan fingerprint density at radius 3 is 1.45 bits per heavy atom. The number of hydrogen-bond acceptors (Lipinski definition) is 31. The van der Waals surface area contributed by atoms with Gasteiger partial charge in [0.25, 0.3) is 0 Å². The van der Waals surface area contributed by atoms with Crippen LogP contribution in [0.2, 0.25) is 0 Å². The Kier molecular flexibility index (Phi) is 36.7. The number of hydrogen-bond donors (Lipinski definition) is 0. The average molecular weight is 1460 g/mol. The van der Waals surface area contributed by atoms with Gasteiger partial charge in [0.15, 0.2) is 24.5 Å². The number of allylic oxidation sites excluding steroid dienone is 2. The number of carbonyl (C=O) groups excluding carboxylic acids is 4. The predicted molar refractivity (Wildman–Crippen MR) is 264 cm³/mol. The normalized spacial score (nSPS) is 37.8. The van der Waals surface area contributed by atoms with E-state index in [-0.39, 0.29) is 243 Å². The summed E-state index contributed by atoms with van der Waals surface area (Å²) in [6, 6.07) is 0. The molecule has 2 aliphatic heterocycles. The Balaban J connectivity index is 0.0000116. The maximum absolute atomic E-state index is 15.3. The van der Waals surface area contributed by atoms with E-state index in [0.717, 1.165) is 44.1 Å². The third-order valence-corrected chi connectivity index (χ3v) is 21.7. The number of ether oxygens (including phenoxy) is 5. The molecule has 43 heteroatoms. The van der Waals surface area contributed by atoms with E-state index >= 15 is 4.79 Å². The molecular formula is C48H67Na7O31S5. The van der Waals surface area contributed by atoms with Crippen molar-refractivity contribution in [2.75, 3.05) is 6.61 Å². The van der Waals surface area contributed by atoms with Crippen LogP contribution in [0.25, 0.3) is 0 Å². The fourth-order valence-electron chi connectivity index (χ4n) is 15.3. The van der Waals surface area contributed by atoms with E-state index in [1.807, 2.05) is 13.8 Å². The molecule has 5 aliphatic carbocycles. The second-order valence-corrected chi connectivity index (χ2v) is 29.9. The average Bonchev–Trinajstić information content (AvgIpc) is 0.677. The van der Waals surface area contributed by atoms with Crippen LogP contribution in [0, 0.1) is 50.2 Å². The number of carboxylic acid groups (broad SMARTS) is 2. The topological polar surface area (TPSA) is 493 Å². The molecule has 0 unspecified atom stereocenters. The van der Waals surface area contributed by atoms with Gasteiger partial charge in [0, 0.05) is 5.92 Å². The summed E-state index contributed by atoms with van der Waals surface area (Å²) in [5.41, 5.74) is -3.59. The van der Waals surface area contributed by atoms with Crippen molar-refractivity contribution < 1.29 is 346 Å². The molecule has 0 aromatic rings. The van der Waals surface area contributed by atoms with E-state index in [1.165, 1.54) is 0 Å². The largest absolute Gasteiger partial charge is 1.00 e. The Morgan fingerprint density at radius 1 is 0.549 bits per heavy atom. The van der Waals surface area contributed by atoms with Gasteiger partial charge < -0.3 is 66.3 Å². The predicted octanol–water partition coefficient (Wildman–Crippen LogP) is -21.9. The number of carboxylic acids is 2. The van der Waals surface area contributed by atoms with Gasteiger partial charge in [-0.1, -0.05) is 73.3 Å². The van der Waals surface area contributed by atoms with Gasteiger partial charge in [0.1, 0.15) is 42.7 Å². The van der Waals surface area contributed by atoms with Crippen molar-refractivity contribution in [3.63, 3.8) is 0 Å². The minimum atomic E-state index is -6.45. The summed E-state index contributed by atoms with van der Waals surface area (Å²) < 4.78 is 232. The van der Waals surface area contributed by atoms with Crippen LogP contribution in [-0.4, -0.2) is 163 Å². The Morgan fingerprint density at radius 2 is 0.989 bits per heavy atom. The molecule has 0 aromatic heterocycles. The smallest absolute Gasteiger partial charge is 0.726 e. The molecule has 91 heavy (non-hydrogen) atoms. The van der Waals surface area contributed by atoms with Crippen molar-refractivity contribution >= 4 is 75.7 Å². The number of aliphatic carboxylic acids is 2. The fraction of sp³-hybridized carbons (Fsp3) is 0.875. The van der Waals surface area contributed by atoms with Crippen molar-refractivity contribution in [3.8, 4) is 0 Å². The molecule has 7 rings (SSSR count). The van der Waals surface area contributed by atoms with Crippen LogP contribution in [0.4, 0.5) is 0 Å². The van der Waals surface area contributed by atoms with Crippen LogP contribution in [0.5, 0.6) is 0 Å². The second kappa shape index (κ2) is 35.2. The van der Waals surface area contributed by atoms with Crippen molar-refractivity contribution in [1.29, 1.82) is 0 Å². The van der Waals surface area contributed by atoms with E-state index in [0.29, 0.717) is 38.7 Å². The van der Waals surface area contributed by atoms with Gasteiger partial charge in [-0.3, -0.25) is 30.5 Å². The number of fused-ring (bicyclic) bond motifs is 7. The number of esters is 1. The summed E-state index contributed by atoms with van der Waals surface area (Å²) in [6.45, 7) is 16.0. The van der Waals surface area contributed by atoms with Crippen LogP contribution < -0.4 is 217 Å². The van der Waals surface area contributed by atoms with Crippen molar-refractivity contribution in [2.24, 2.45) is 50.2 Å². The molecule has 0 radical (unpaired) electrons. The summed E-state index contributed by atoms with van der Waals surface area (Å²) in [6.07, 6.45) is -24.4. The SMILES string of the molecule is CCCCCCOC(=O)[C@@]1(C)CC[C@]2(C)CC[C@]3(C)C(=CC(=O)[C@@H]4[C@@]5(C)CC[C@H](O[C@@H]6O[C@H](C(=O)[O-])[C@@H](OS(=O)(=O)[O-])[C@H](OS(=O)(=O)[O-])[C@H]6O[C@@H]6O[C@H](C(=O)[O-])[C@@H](OS(=O)(=O)[O-])[C@H](OS(=O)(=O)[O-])[C@H]6OS(=O)(=O)[O-])C(C)(C)[C@@H]5CC[C@]43C)[C@@H]2C1.[Na+].[Na+].[Na+].[Na+].[Na+].[Na+].[Na+]. The summed E-state index contributed by atoms with van der Waals surface area (Å²) in [7, 11) is -32.0. The summed E-state index contributed by atoms with van der Waals surface area (Å²) in [5, 5.41) is 25.3. The summed E-state index contributed by atoms with van der Waals surface area (Å²) in [5.74, 6) is -7.17. The fourth-order valence-corrected chi connectivity index (χ4v) is 17.8. The van der Waals surface area contributed by atoms with Gasteiger partial charge in [-0.05, 0) is 116 Å². The van der Waals surface area contributed by atoms with Crippen LogP contribution in [0.3, 0.4) is 0 Å². The van der Waals surface area contributed by atoms with E-state index in [4.69, 9.17) is 23.7 Å². The van der Waals surface area contributed by atoms with Crippen LogP contribution in [-0.2, 0) is 116 Å². The van der Waals surface area contributed by atoms with Gasteiger partial charge >= 0.3 is 213 Å². The minimum Gasteiger partial charge on any atom is -0.726 e. The number of rotatable bonds is 22. The quantitative estimate of drug-likeness (QED) is 0.0242. The standard InChI is InChI=1S/C48H74O31S5.7Na/c1-9-10-11-12-21-70-42(54)45(5)18-17-44(4)19-20-47(7)24(25(44)23-45)22-26(49)37-46(6)15-14-28(43(2,3)27(46)13-16-48(37,47)8)71-40-35(31(77-82(61,62)63)29(75-80(55,56)57)33(72-40)38(50)51)74-41-36(79-84(67,68)69)32(78-83(64,65)66)30(76-81(58,59)60)34(73-41)39(52)53;;;;;;;/h22,25,27-37,40-41H,9-21,23H2,1-8H3,(H,50,51)(H,52,53)(H,55,56,57)(H,58,59,60)(H,61,62,63)(H,64,65,66)(H,67,68,69);;;;;;;/q;7*+1/p-7/t25-,27-,28-,29-,30-,31-,32-,33-,34-,35+,36+,37+,40+,41-,44+,45-,46-,47+,48+;;;;;;;/m0......./s1. The second-order valence-electron chi connectivity index (χ2n) is 24.9. The molecule has 19 atom stereocenters. The van der Waals surface area contributed by atoms with Crippen LogP contribution >= 0.6 is 0 Å². The van der Waals surface area contributed by atoms with E-state index in [2.05, 4.69) is 48.6 Å². The molecular weight excluding hydrogens is 1390 g/mol. The molecule has 0 aromatic carbocycles. The van der Waals surface area contributed by atoms with Crippen molar-refractivity contribution in [1.82, 2.24) is 0 Å². The molecule has 0 bridgehead atoms. The van der Waals surface area contributed by atoms with Gasteiger partial charge in [-0.2, -0.15) is 0 Å². The molecule has 31 nitrogen and oxygen atoms in total. The van der Waals surface area contributed by atoms with Crippen LogP contribution in [0.15, 0.2) is 11.6 Å². The molecule has 0 spiro atoms. The number of unbranched alkanes of at least 4 members (excludes halogenated alkanes) is 3. The van der Waals surface area contributed by atoms with E-state index in [9.17, 15) is 89.4 Å². The monoisotopic (exact) mass is 1460 g/mol. The van der Waals surface area contributed by atoms with Gasteiger partial charge in [0.05, 0.1) is 30.1 Å². The van der Waals surface area contributed by atoms with Gasteiger partial charge in [0.2, 0.25) is 52.0 Å². The van der Waals surface area contributed by atoms with Gasteiger partial charge in [-0.25, -0.2) is 42.1 Å². The maximum Gasteiger partial charge on any atom is 1.00 e. The van der Waals surface area contributed by atoms with Gasteiger partial charge in [-0.15, -0.1) is 0 Å². The van der Waals surface area contributed by atoms with Crippen molar-refractivity contribution in [3.05, 3.63) is 11.6 Å². The number of carbonyl (C=O) groups is 4. The molecule has 0 N–H and O–H groups in total. The third-order valence-electron chi connectivity index (χ3n) is 19.4. The minimum absolute atomic E-state index is 0. The Labute approximate surface area is 686 Å². The van der Waals surface area contributed by atoms with Crippen LogP contribution in [0.1, 0.15) is 139 Å². The number of ketones is 1. The summed E-state index contributed by atoms with van der Waals surface area (Å²) >= 11 is 0. The zero-order chi connectivity index (χ0) is 63.1. The zero-order valence-corrected chi connectivity index (χ0v) is 71.8. The molecule has 6 fully saturated rings. The summed E-state index contributed by atoms with van der Waals surface area (Å²) in [4.78, 5) is 54.4.